The van der Waals surface area contributed by atoms with Crippen LogP contribution in [0.25, 0.3) is 0 Å². The van der Waals surface area contributed by atoms with Crippen LogP contribution in [0.3, 0.4) is 0 Å². The van der Waals surface area contributed by atoms with Gasteiger partial charge >= 0.3 is 29.0 Å². The van der Waals surface area contributed by atoms with Crippen molar-refractivity contribution < 1.29 is 45.3 Å². The number of rotatable bonds is 4. The van der Waals surface area contributed by atoms with Crippen molar-refractivity contribution in [3.05, 3.63) is 59.7 Å². The van der Waals surface area contributed by atoms with Gasteiger partial charge in [-0.25, -0.2) is 18.0 Å². The molecule has 22 heavy (non-hydrogen) atoms. The summed E-state index contributed by atoms with van der Waals surface area (Å²) in [6.45, 7) is 0. The Bertz CT molecular complexity index is 765. The van der Waals surface area contributed by atoms with E-state index in [-0.39, 0.29) is 17.1 Å². The van der Waals surface area contributed by atoms with E-state index in [9.17, 15) is 18.0 Å². The molecule has 2 N–H and O–H groups in total. The van der Waals surface area contributed by atoms with Crippen molar-refractivity contribution in [3.8, 4) is 0 Å². The van der Waals surface area contributed by atoms with Crippen LogP contribution in [0.4, 0.5) is 0 Å². The maximum absolute atomic E-state index is 12.6. The molecule has 0 bridgehead atoms. The van der Waals surface area contributed by atoms with Gasteiger partial charge in [-0.15, -0.1) is 0 Å². The van der Waals surface area contributed by atoms with Crippen LogP contribution < -0.4 is 0 Å². The zero-order valence-electron chi connectivity index (χ0n) is 10.9. The minimum absolute atomic E-state index is 0. The third-order valence-corrected chi connectivity index (χ3v) is 4.68. The molecule has 0 unspecified atom stereocenters. The fourth-order valence-corrected chi connectivity index (χ4v) is 3.52. The number of aromatic carboxylic acids is 2. The minimum Gasteiger partial charge on any atom is -0.478 e. The van der Waals surface area contributed by atoms with Crippen LogP contribution in [0.2, 0.25) is 0 Å². The second-order valence-corrected chi connectivity index (χ2v) is 5.99. The Morgan fingerprint density at radius 3 is 1.36 bits per heavy atom. The molecule has 0 aliphatic heterocycles. The SMILES string of the molecule is O=C(O)c1ccccc1S(=O)(=O)c1ccccc1C(=O)O.[Mn+2]. The first-order chi connectivity index (χ1) is 9.85. The van der Waals surface area contributed by atoms with Crippen molar-refractivity contribution in [3.63, 3.8) is 0 Å². The molecule has 113 valence electrons. The summed E-state index contributed by atoms with van der Waals surface area (Å²) < 4.78 is 25.1. The van der Waals surface area contributed by atoms with E-state index in [0.717, 1.165) is 24.3 Å². The summed E-state index contributed by atoms with van der Waals surface area (Å²) in [5.74, 6) is -2.80. The summed E-state index contributed by atoms with van der Waals surface area (Å²) in [5.41, 5.74) is -0.810. The molecule has 0 fully saturated rings. The number of carboxylic acid groups (broad SMARTS) is 2. The number of carboxylic acids is 2. The molecule has 0 aliphatic rings. The zero-order chi connectivity index (χ0) is 15.6. The van der Waals surface area contributed by atoms with E-state index in [0.29, 0.717) is 0 Å². The van der Waals surface area contributed by atoms with Gasteiger partial charge in [-0.05, 0) is 24.3 Å². The molecule has 0 spiro atoms. The predicted molar refractivity (Wildman–Crippen MR) is 72.3 cm³/mol. The van der Waals surface area contributed by atoms with Gasteiger partial charge in [0, 0.05) is 0 Å². The van der Waals surface area contributed by atoms with E-state index < -0.39 is 42.7 Å². The maximum Gasteiger partial charge on any atom is 2.00 e. The number of sulfone groups is 1. The van der Waals surface area contributed by atoms with Gasteiger partial charge in [0.25, 0.3) is 0 Å². The van der Waals surface area contributed by atoms with Crippen molar-refractivity contribution in [2.24, 2.45) is 0 Å². The second-order valence-electron chi connectivity index (χ2n) is 4.11. The van der Waals surface area contributed by atoms with E-state index in [2.05, 4.69) is 0 Å². The molecule has 0 saturated carbocycles. The summed E-state index contributed by atoms with van der Waals surface area (Å²) in [7, 11) is -4.25. The van der Waals surface area contributed by atoms with E-state index in [1.807, 2.05) is 0 Å². The minimum atomic E-state index is -4.25. The molecule has 0 heterocycles. The van der Waals surface area contributed by atoms with Crippen LogP contribution in [0, 0.1) is 0 Å². The summed E-state index contributed by atoms with van der Waals surface area (Å²) in [4.78, 5) is 21.4. The number of benzene rings is 2. The van der Waals surface area contributed by atoms with Crippen LogP contribution in [-0.2, 0) is 26.9 Å². The third kappa shape index (κ3) is 3.19. The predicted octanol–water partition coefficient (Wildman–Crippen LogP) is 1.91. The average molecular weight is 361 g/mol. The topological polar surface area (TPSA) is 109 Å². The Balaban J connectivity index is 0.00000242. The second kappa shape index (κ2) is 6.74. The Labute approximate surface area is 136 Å². The molecule has 8 heteroatoms. The van der Waals surface area contributed by atoms with Crippen molar-refractivity contribution in [1.82, 2.24) is 0 Å². The van der Waals surface area contributed by atoms with Crippen molar-refractivity contribution in [2.45, 2.75) is 9.79 Å². The zero-order valence-corrected chi connectivity index (χ0v) is 12.9. The van der Waals surface area contributed by atoms with Crippen LogP contribution in [0.5, 0.6) is 0 Å². The molecule has 2 rings (SSSR count). The molecule has 0 atom stereocenters. The van der Waals surface area contributed by atoms with E-state index in [1.54, 1.807) is 0 Å². The van der Waals surface area contributed by atoms with Gasteiger partial charge < -0.3 is 10.2 Å². The normalized spacial score (nSPS) is 10.5. The fraction of sp³-hybridized carbons (Fsp3) is 0. The van der Waals surface area contributed by atoms with Gasteiger partial charge in [-0.1, -0.05) is 24.3 Å². The summed E-state index contributed by atoms with van der Waals surface area (Å²) in [5, 5.41) is 18.1. The maximum atomic E-state index is 12.6. The van der Waals surface area contributed by atoms with E-state index >= 15 is 0 Å². The quantitative estimate of drug-likeness (QED) is 0.806. The largest absolute Gasteiger partial charge is 2.00 e. The molecule has 6 nitrogen and oxygen atoms in total. The molecule has 2 aromatic rings. The van der Waals surface area contributed by atoms with Crippen LogP contribution in [-0.4, -0.2) is 30.6 Å². The van der Waals surface area contributed by atoms with Gasteiger partial charge in [0.05, 0.1) is 20.9 Å². The first-order valence-electron chi connectivity index (χ1n) is 5.75. The van der Waals surface area contributed by atoms with Crippen molar-refractivity contribution in [2.75, 3.05) is 0 Å². The van der Waals surface area contributed by atoms with Crippen molar-refractivity contribution >= 4 is 21.8 Å². The van der Waals surface area contributed by atoms with Gasteiger partial charge in [-0.2, -0.15) is 0 Å². The number of hydrogen-bond donors (Lipinski definition) is 2. The molecule has 0 aliphatic carbocycles. The van der Waals surface area contributed by atoms with E-state index in [1.165, 1.54) is 24.3 Å². The van der Waals surface area contributed by atoms with Crippen LogP contribution >= 0.6 is 0 Å². The van der Waals surface area contributed by atoms with Gasteiger partial charge in [0.1, 0.15) is 0 Å². The van der Waals surface area contributed by atoms with Crippen LogP contribution in [0.15, 0.2) is 58.3 Å². The summed E-state index contributed by atoms with van der Waals surface area (Å²) in [6, 6.07) is 10.1. The monoisotopic (exact) mass is 361 g/mol. The number of hydrogen-bond acceptors (Lipinski definition) is 4. The van der Waals surface area contributed by atoms with E-state index in [4.69, 9.17) is 10.2 Å². The molecule has 0 aromatic heterocycles. The summed E-state index contributed by atoms with van der Waals surface area (Å²) >= 11 is 0. The molecule has 0 amide bonds. The Kier molecular flexibility index (Phi) is 5.48. The van der Waals surface area contributed by atoms with Crippen molar-refractivity contribution in [1.29, 1.82) is 0 Å². The Hall–Kier alpha value is -2.15. The Morgan fingerprint density at radius 1 is 0.727 bits per heavy atom. The standard InChI is InChI=1S/C14H10O6S.Mn/c15-13(16)9-5-1-3-7-11(9)21(19,20)12-8-4-2-6-10(12)14(17)18;/h1-8H,(H,15,16)(H,17,18);/q;+2. The molecule has 1 radical (unpaired) electrons. The van der Waals surface area contributed by atoms with Gasteiger partial charge in [0.15, 0.2) is 0 Å². The first-order valence-corrected chi connectivity index (χ1v) is 7.23. The summed E-state index contributed by atoms with van der Waals surface area (Å²) in [6.07, 6.45) is 0. The Morgan fingerprint density at radius 2 is 1.05 bits per heavy atom. The molecular weight excluding hydrogens is 351 g/mol. The molecular formula is C14H10MnO6S+2. The fourth-order valence-electron chi connectivity index (χ4n) is 1.87. The van der Waals surface area contributed by atoms with Gasteiger partial charge in [0.2, 0.25) is 9.84 Å². The number of carbonyl (C=O) groups is 2. The smallest absolute Gasteiger partial charge is 0.478 e. The molecule has 2 aromatic carbocycles. The molecule has 0 saturated heterocycles. The average Bonchev–Trinajstić information content (AvgIpc) is 2.47. The van der Waals surface area contributed by atoms with Crippen LogP contribution in [0.1, 0.15) is 20.7 Å². The van der Waals surface area contributed by atoms with Gasteiger partial charge in [-0.3, -0.25) is 0 Å². The first kappa shape index (κ1) is 17.9. The third-order valence-electron chi connectivity index (χ3n) is 2.81.